The number of anilines is 2. The molecule has 16 nitrogen and oxygen atoms in total. The highest BCUT2D eigenvalue weighted by Crippen LogP contribution is 2.44. The number of ether oxygens (including phenoxy) is 6. The molecule has 3 aromatic heterocycles. The lowest BCUT2D eigenvalue weighted by Crippen LogP contribution is -2.48. The first-order valence-corrected chi connectivity index (χ1v) is 30.7. The topological polar surface area (TPSA) is 178 Å². The van der Waals surface area contributed by atoms with Gasteiger partial charge in [0.15, 0.2) is 0 Å². The molecule has 1 aromatic carbocycles. The number of nitrogens with zero attached hydrogens (tertiary/aromatic N) is 10. The molecule has 2 unspecified atom stereocenters. The second kappa shape index (κ2) is 27.7. The molecular formula is C64H80N10O6S2. The Labute approximate surface area is 494 Å². The predicted molar refractivity (Wildman–Crippen MR) is 322 cm³/mol. The van der Waals surface area contributed by atoms with E-state index in [0.29, 0.717) is 132 Å². The average molecular weight is 1150 g/mol. The normalized spacial score (nSPS) is 21.0. The molecule has 9 rings (SSSR count). The Hall–Kier alpha value is -5.82. The number of hydrogen-bond donors (Lipinski definition) is 0. The average Bonchev–Trinajstić information content (AvgIpc) is 3.65. The molecule has 2 saturated heterocycles. The van der Waals surface area contributed by atoms with Crippen LogP contribution in [-0.4, -0.2) is 160 Å². The van der Waals surface area contributed by atoms with Crippen LogP contribution in [0.5, 0.6) is 0 Å². The van der Waals surface area contributed by atoms with Crippen LogP contribution in [0, 0.1) is 34.0 Å². The largest absolute Gasteiger partial charge is 0.383 e. The van der Waals surface area contributed by atoms with Gasteiger partial charge in [0.2, 0.25) is 0 Å². The number of benzene rings is 1. The molecule has 0 saturated carbocycles. The molecule has 0 N–H and O–H groups in total. The number of allylic oxidation sites excluding steroid dienone is 1. The predicted octanol–water partition coefficient (Wildman–Crippen LogP) is 9.22. The summed E-state index contributed by atoms with van der Waals surface area (Å²) in [5.41, 5.74) is 10.1. The zero-order valence-electron chi connectivity index (χ0n) is 49.1. The number of nitriles is 3. The van der Waals surface area contributed by atoms with Crippen molar-refractivity contribution in [3.63, 3.8) is 0 Å². The first kappa shape index (κ1) is 60.8. The lowest BCUT2D eigenvalue weighted by molar-refractivity contribution is -0.0537. The molecule has 5 aliphatic rings. The van der Waals surface area contributed by atoms with Crippen molar-refractivity contribution in [3.8, 4) is 18.2 Å². The highest BCUT2D eigenvalue weighted by molar-refractivity contribution is 7.99. The fourth-order valence-corrected chi connectivity index (χ4v) is 13.7. The number of rotatable bonds is 23. The number of methoxy groups -OCH3 is 2. The summed E-state index contributed by atoms with van der Waals surface area (Å²) in [5.74, 6) is 3.27. The Morgan fingerprint density at radius 2 is 1.32 bits per heavy atom. The van der Waals surface area contributed by atoms with Crippen molar-refractivity contribution in [2.75, 3.05) is 128 Å². The summed E-state index contributed by atoms with van der Waals surface area (Å²) in [6.07, 6.45) is 10.1. The number of hydrogen-bond acceptors (Lipinski definition) is 18. The van der Waals surface area contributed by atoms with Gasteiger partial charge in [-0.05, 0) is 80.3 Å². The summed E-state index contributed by atoms with van der Waals surface area (Å²) < 4.78 is 36.4. The molecule has 0 amide bonds. The summed E-state index contributed by atoms with van der Waals surface area (Å²) >= 11 is 3.27. The molecule has 2 atom stereocenters. The third kappa shape index (κ3) is 14.7. The maximum Gasteiger partial charge on any atom is 0.135 e. The van der Waals surface area contributed by atoms with Gasteiger partial charge in [0.1, 0.15) is 33.8 Å². The zero-order valence-corrected chi connectivity index (χ0v) is 50.7. The molecule has 5 aliphatic heterocycles. The SMILES string of the molecule is C=C(C1=C(C(C#N)=CCC2(C)Cc3c(C#N)c(SCCc4cncc(CC5(C)Cc6c(C#N)c(SCCc7ccccc7)nc(N7CCN(CCOC)CC7)c6CO5)c4)nc(N4CCOCC4)c3CO2)CC(C)(C)OC1)N(C)CCOC. The number of thioether (sulfide) groups is 2. The van der Waals surface area contributed by atoms with Gasteiger partial charge in [-0.3, -0.25) is 9.88 Å². The van der Waals surface area contributed by atoms with E-state index in [4.69, 9.17) is 43.4 Å². The van der Waals surface area contributed by atoms with Crippen molar-refractivity contribution < 1.29 is 28.4 Å². The van der Waals surface area contributed by atoms with E-state index >= 15 is 0 Å². The summed E-state index contributed by atoms with van der Waals surface area (Å²) in [6, 6.07) is 20.4. The molecule has 0 radical (unpaired) electrons. The van der Waals surface area contributed by atoms with Crippen molar-refractivity contribution in [1.29, 1.82) is 15.8 Å². The number of pyridine rings is 3. The van der Waals surface area contributed by atoms with Crippen molar-refractivity contribution >= 4 is 35.2 Å². The molecule has 0 spiro atoms. The summed E-state index contributed by atoms with van der Waals surface area (Å²) in [5, 5.41) is 34.1. The number of aryl methyl sites for hydroxylation is 2. The van der Waals surface area contributed by atoms with E-state index < -0.39 is 16.8 Å². The van der Waals surface area contributed by atoms with Gasteiger partial charge >= 0.3 is 0 Å². The Bertz CT molecular complexity index is 3120. The van der Waals surface area contributed by atoms with E-state index in [2.05, 4.69) is 102 Å². The first-order chi connectivity index (χ1) is 39.7. The molecule has 434 valence electrons. The maximum absolute atomic E-state index is 11.0. The number of fused-ring (bicyclic) bond motifs is 2. The summed E-state index contributed by atoms with van der Waals surface area (Å²) in [4.78, 5) is 24.4. The minimum absolute atomic E-state index is 0.293. The molecule has 0 bridgehead atoms. The molecule has 4 aromatic rings. The Kier molecular flexibility index (Phi) is 20.5. The monoisotopic (exact) mass is 1150 g/mol. The third-order valence-corrected chi connectivity index (χ3v) is 18.4. The first-order valence-electron chi connectivity index (χ1n) is 28.7. The van der Waals surface area contributed by atoms with E-state index in [0.717, 1.165) is 112 Å². The van der Waals surface area contributed by atoms with Gasteiger partial charge in [-0.2, -0.15) is 15.8 Å². The van der Waals surface area contributed by atoms with E-state index in [1.54, 1.807) is 37.7 Å². The van der Waals surface area contributed by atoms with E-state index in [1.807, 2.05) is 31.6 Å². The fraction of sp³-hybridized carbons (Fsp3) is 0.531. The van der Waals surface area contributed by atoms with Gasteiger partial charge in [0.25, 0.3) is 0 Å². The lowest BCUT2D eigenvalue weighted by Gasteiger charge is -2.40. The second-order valence-electron chi connectivity index (χ2n) is 23.2. The van der Waals surface area contributed by atoms with Crippen LogP contribution in [0.4, 0.5) is 11.6 Å². The van der Waals surface area contributed by atoms with Crippen molar-refractivity contribution in [2.24, 2.45) is 0 Å². The van der Waals surface area contributed by atoms with E-state index in [9.17, 15) is 15.8 Å². The van der Waals surface area contributed by atoms with Gasteiger partial charge in [-0.15, -0.1) is 23.5 Å². The molecule has 18 heteroatoms. The van der Waals surface area contributed by atoms with Crippen LogP contribution in [0.2, 0.25) is 0 Å². The minimum Gasteiger partial charge on any atom is -0.383 e. The quantitative estimate of drug-likeness (QED) is 0.0506. The van der Waals surface area contributed by atoms with E-state index in [-0.39, 0.29) is 0 Å². The van der Waals surface area contributed by atoms with Crippen LogP contribution >= 0.6 is 23.5 Å². The van der Waals surface area contributed by atoms with Crippen LogP contribution in [-0.2, 0) is 73.7 Å². The van der Waals surface area contributed by atoms with Crippen LogP contribution < -0.4 is 9.80 Å². The van der Waals surface area contributed by atoms with Crippen molar-refractivity contribution in [2.45, 2.75) is 113 Å². The highest BCUT2D eigenvalue weighted by Gasteiger charge is 2.39. The zero-order chi connectivity index (χ0) is 57.9. The van der Waals surface area contributed by atoms with Gasteiger partial charge < -0.3 is 43.1 Å². The van der Waals surface area contributed by atoms with Crippen LogP contribution in [0.1, 0.15) is 90.6 Å². The fourth-order valence-electron chi connectivity index (χ4n) is 11.7. The molecule has 8 heterocycles. The Morgan fingerprint density at radius 1 is 0.720 bits per heavy atom. The van der Waals surface area contributed by atoms with Gasteiger partial charge in [-0.25, -0.2) is 9.97 Å². The van der Waals surface area contributed by atoms with Crippen LogP contribution in [0.15, 0.2) is 93.9 Å². The highest BCUT2D eigenvalue weighted by atomic mass is 32.2. The summed E-state index contributed by atoms with van der Waals surface area (Å²) in [6.45, 7) is 22.7. The second-order valence-corrected chi connectivity index (χ2v) is 25.3. The molecule has 0 aliphatic carbocycles. The Balaban J connectivity index is 0.922. The number of morpholine rings is 1. The summed E-state index contributed by atoms with van der Waals surface area (Å²) in [7, 11) is 5.41. The molecule has 82 heavy (non-hydrogen) atoms. The Morgan fingerprint density at radius 3 is 1.94 bits per heavy atom. The van der Waals surface area contributed by atoms with Gasteiger partial charge in [0, 0.05) is 146 Å². The van der Waals surface area contributed by atoms with Gasteiger partial charge in [-0.1, -0.05) is 49.1 Å². The minimum atomic E-state index is -0.702. The van der Waals surface area contributed by atoms with Crippen molar-refractivity contribution in [3.05, 3.63) is 134 Å². The molecule has 2 fully saturated rings. The maximum atomic E-state index is 11.0. The smallest absolute Gasteiger partial charge is 0.135 e. The number of piperazine rings is 1. The van der Waals surface area contributed by atoms with Gasteiger partial charge in [0.05, 0.1) is 85.8 Å². The third-order valence-electron chi connectivity index (χ3n) is 16.5. The number of likely N-dealkylation sites (N-methyl/N-ethyl adjacent to an activating group) is 1. The van der Waals surface area contributed by atoms with Crippen LogP contribution in [0.3, 0.4) is 0 Å². The van der Waals surface area contributed by atoms with Crippen LogP contribution in [0.25, 0.3) is 0 Å². The number of aromatic nitrogens is 3. The molecular weight excluding hydrogens is 1070 g/mol. The van der Waals surface area contributed by atoms with Crippen molar-refractivity contribution in [1.82, 2.24) is 24.8 Å². The lowest BCUT2D eigenvalue weighted by atomic mass is 9.83. The standard InChI is InChI=1S/C64H80N10O6S2/c1-45(71(6)22-26-75-7)55-42-78-62(2,3)34-50(55)49(37-65)14-17-63(4)35-51-53(38-66)60(70-59(56(51)43-79-63)74-24-28-77-29-25-74)82-31-16-47-32-48(41-68-40-47)33-64(5)36-52-54(39-67)61(81-30-15-46-12-10-9-11-13-46)69-58(57(52)44-80-64)73-20-18-72(19-21-73)23-27-76-8/h9-14,32,40-41H,1,15-31,33-36,42-44H2,2-8H3. The van der Waals surface area contributed by atoms with E-state index in [1.165, 1.54) is 5.56 Å².